The highest BCUT2D eigenvalue weighted by Crippen LogP contribution is 2.20. The van der Waals surface area contributed by atoms with Crippen molar-refractivity contribution >= 4 is 17.3 Å². The molecule has 0 amide bonds. The summed E-state index contributed by atoms with van der Waals surface area (Å²) in [5, 5.41) is 3.13. The number of methoxy groups -OCH3 is 2. The van der Waals surface area contributed by atoms with Gasteiger partial charge < -0.3 is 20.5 Å². The van der Waals surface area contributed by atoms with Gasteiger partial charge in [-0.15, -0.1) is 0 Å². The molecule has 1 atom stereocenters. The fraction of sp³-hybridized carbons (Fsp3) is 0.417. The summed E-state index contributed by atoms with van der Waals surface area (Å²) in [5.41, 5.74) is 7.56. The Morgan fingerprint density at radius 1 is 1.47 bits per heavy atom. The number of hydrogen-bond acceptors (Lipinski definition) is 5. The Balaban J connectivity index is 2.80. The maximum Gasteiger partial charge on any atom is 0.337 e. The maximum absolute atomic E-state index is 11.4. The molecular weight excluding hydrogens is 220 g/mol. The van der Waals surface area contributed by atoms with Crippen LogP contribution < -0.4 is 11.1 Å². The smallest absolute Gasteiger partial charge is 0.337 e. The maximum atomic E-state index is 11.4. The second-order valence-electron chi connectivity index (χ2n) is 3.72. The molecule has 0 unspecified atom stereocenters. The Kier molecular flexibility index (Phi) is 4.78. The Morgan fingerprint density at radius 2 is 2.18 bits per heavy atom. The van der Waals surface area contributed by atoms with Crippen molar-refractivity contribution < 1.29 is 14.3 Å². The van der Waals surface area contributed by atoms with Crippen molar-refractivity contribution in [2.45, 2.75) is 13.0 Å². The van der Waals surface area contributed by atoms with Crippen molar-refractivity contribution in [2.75, 3.05) is 31.8 Å². The zero-order valence-corrected chi connectivity index (χ0v) is 10.3. The minimum atomic E-state index is -0.382. The second kappa shape index (κ2) is 6.10. The highest BCUT2D eigenvalue weighted by Gasteiger charge is 2.09. The van der Waals surface area contributed by atoms with E-state index in [1.165, 1.54) is 7.11 Å². The lowest BCUT2D eigenvalue weighted by Crippen LogP contribution is -2.19. The summed E-state index contributed by atoms with van der Waals surface area (Å²) < 4.78 is 9.76. The van der Waals surface area contributed by atoms with Crippen molar-refractivity contribution in [1.29, 1.82) is 0 Å². The van der Waals surface area contributed by atoms with Gasteiger partial charge >= 0.3 is 5.97 Å². The minimum absolute atomic E-state index is 0.0659. The van der Waals surface area contributed by atoms with Crippen LogP contribution in [0.4, 0.5) is 11.4 Å². The summed E-state index contributed by atoms with van der Waals surface area (Å²) in [4.78, 5) is 11.4. The van der Waals surface area contributed by atoms with Crippen LogP contribution in [0.2, 0.25) is 0 Å². The molecule has 1 aromatic rings. The molecule has 0 aromatic heterocycles. The van der Waals surface area contributed by atoms with Crippen LogP contribution >= 0.6 is 0 Å². The number of hydrogen-bond donors (Lipinski definition) is 2. The normalized spacial score (nSPS) is 11.9. The molecule has 17 heavy (non-hydrogen) atoms. The van der Waals surface area contributed by atoms with Crippen LogP contribution in [-0.4, -0.2) is 32.8 Å². The molecule has 0 saturated carbocycles. The summed E-state index contributed by atoms with van der Waals surface area (Å²) in [5.74, 6) is -0.382. The third-order valence-electron chi connectivity index (χ3n) is 2.46. The number of nitrogen functional groups attached to an aromatic ring is 1. The first-order valence-electron chi connectivity index (χ1n) is 5.33. The van der Waals surface area contributed by atoms with Crippen LogP contribution in [-0.2, 0) is 9.47 Å². The molecule has 5 heteroatoms. The lowest BCUT2D eigenvalue weighted by atomic mass is 10.1. The van der Waals surface area contributed by atoms with E-state index in [2.05, 4.69) is 10.1 Å². The number of anilines is 2. The van der Waals surface area contributed by atoms with Crippen molar-refractivity contribution in [3.8, 4) is 0 Å². The molecule has 0 heterocycles. The zero-order valence-electron chi connectivity index (χ0n) is 10.3. The summed E-state index contributed by atoms with van der Waals surface area (Å²) in [6.45, 7) is 2.55. The van der Waals surface area contributed by atoms with Gasteiger partial charge in [0.15, 0.2) is 0 Å². The number of carbonyl (C=O) groups excluding carboxylic acids is 1. The van der Waals surface area contributed by atoms with E-state index in [-0.39, 0.29) is 12.1 Å². The molecule has 0 aliphatic rings. The molecule has 0 bridgehead atoms. The average molecular weight is 238 g/mol. The van der Waals surface area contributed by atoms with Crippen molar-refractivity contribution in [1.82, 2.24) is 0 Å². The van der Waals surface area contributed by atoms with Crippen molar-refractivity contribution in [3.05, 3.63) is 23.8 Å². The van der Waals surface area contributed by atoms with Crippen LogP contribution in [0.5, 0.6) is 0 Å². The van der Waals surface area contributed by atoms with Crippen LogP contribution in [0.25, 0.3) is 0 Å². The SMILES string of the molecule is COC(=O)c1ccc(N)c(NC[C@@H](C)OC)c1. The molecule has 0 saturated heterocycles. The first-order chi connectivity index (χ1) is 8.08. The molecule has 0 aliphatic carbocycles. The van der Waals surface area contributed by atoms with Crippen LogP contribution in [0.15, 0.2) is 18.2 Å². The van der Waals surface area contributed by atoms with Crippen molar-refractivity contribution in [3.63, 3.8) is 0 Å². The van der Waals surface area contributed by atoms with E-state index >= 15 is 0 Å². The highest BCUT2D eigenvalue weighted by atomic mass is 16.5. The molecule has 0 radical (unpaired) electrons. The molecule has 0 fully saturated rings. The van der Waals surface area contributed by atoms with Crippen LogP contribution in [0.1, 0.15) is 17.3 Å². The van der Waals surface area contributed by atoms with E-state index in [1.54, 1.807) is 25.3 Å². The number of ether oxygens (including phenoxy) is 2. The molecule has 0 aliphatic heterocycles. The average Bonchev–Trinajstić information content (AvgIpc) is 2.36. The fourth-order valence-electron chi connectivity index (χ4n) is 1.29. The second-order valence-corrected chi connectivity index (χ2v) is 3.72. The third-order valence-corrected chi connectivity index (χ3v) is 2.46. The van der Waals surface area contributed by atoms with E-state index in [0.29, 0.717) is 23.5 Å². The summed E-state index contributed by atoms with van der Waals surface area (Å²) in [6, 6.07) is 4.97. The largest absolute Gasteiger partial charge is 0.465 e. The number of carbonyl (C=O) groups is 1. The van der Waals surface area contributed by atoms with Crippen LogP contribution in [0, 0.1) is 0 Å². The van der Waals surface area contributed by atoms with Gasteiger partial charge in [-0.3, -0.25) is 0 Å². The molecule has 0 spiro atoms. The summed E-state index contributed by atoms with van der Waals surface area (Å²) in [7, 11) is 2.99. The Bertz CT molecular complexity index is 393. The molecule has 1 rings (SSSR count). The molecule has 1 aromatic carbocycles. The van der Waals surface area contributed by atoms with Crippen molar-refractivity contribution in [2.24, 2.45) is 0 Å². The fourth-order valence-corrected chi connectivity index (χ4v) is 1.29. The number of nitrogens with one attached hydrogen (secondary N) is 1. The quantitative estimate of drug-likeness (QED) is 0.600. The summed E-state index contributed by atoms with van der Waals surface area (Å²) >= 11 is 0. The first kappa shape index (κ1) is 13.3. The van der Waals surface area contributed by atoms with Gasteiger partial charge in [0, 0.05) is 13.7 Å². The molecule has 5 nitrogen and oxygen atoms in total. The van der Waals surface area contributed by atoms with E-state index < -0.39 is 0 Å². The standard InChI is InChI=1S/C12H18N2O3/c1-8(16-2)7-14-11-6-9(12(15)17-3)4-5-10(11)13/h4-6,8,14H,7,13H2,1-3H3/t8-/m1/s1. The lowest BCUT2D eigenvalue weighted by molar-refractivity contribution is 0.0601. The molecular formula is C12H18N2O3. The highest BCUT2D eigenvalue weighted by molar-refractivity contribution is 5.91. The van der Waals surface area contributed by atoms with Gasteiger partial charge in [0.25, 0.3) is 0 Å². The van der Waals surface area contributed by atoms with Crippen LogP contribution in [0.3, 0.4) is 0 Å². The predicted octanol–water partition coefficient (Wildman–Crippen LogP) is 1.50. The Labute approximate surface area is 101 Å². The Hall–Kier alpha value is -1.75. The van der Waals surface area contributed by atoms with Gasteiger partial charge in [-0.2, -0.15) is 0 Å². The number of esters is 1. The predicted molar refractivity (Wildman–Crippen MR) is 67.2 cm³/mol. The third kappa shape index (κ3) is 3.64. The van der Waals surface area contributed by atoms with Gasteiger partial charge in [0.2, 0.25) is 0 Å². The van der Waals surface area contributed by atoms with Gasteiger partial charge in [0.1, 0.15) is 0 Å². The zero-order chi connectivity index (χ0) is 12.8. The topological polar surface area (TPSA) is 73.6 Å². The first-order valence-corrected chi connectivity index (χ1v) is 5.33. The molecule has 3 N–H and O–H groups in total. The number of rotatable bonds is 5. The number of nitrogens with two attached hydrogens (primary N) is 1. The summed E-state index contributed by atoms with van der Waals surface area (Å²) in [6.07, 6.45) is 0.0659. The Morgan fingerprint density at radius 3 is 2.76 bits per heavy atom. The van der Waals surface area contributed by atoms with E-state index in [1.807, 2.05) is 6.92 Å². The van der Waals surface area contributed by atoms with Gasteiger partial charge in [0.05, 0.1) is 30.2 Å². The van der Waals surface area contributed by atoms with E-state index in [0.717, 1.165) is 0 Å². The van der Waals surface area contributed by atoms with E-state index in [9.17, 15) is 4.79 Å². The van der Waals surface area contributed by atoms with E-state index in [4.69, 9.17) is 10.5 Å². The van der Waals surface area contributed by atoms with Gasteiger partial charge in [-0.05, 0) is 25.1 Å². The van der Waals surface area contributed by atoms with Gasteiger partial charge in [-0.25, -0.2) is 4.79 Å². The lowest BCUT2D eigenvalue weighted by Gasteiger charge is -2.14. The minimum Gasteiger partial charge on any atom is -0.465 e. The molecule has 94 valence electrons. The monoisotopic (exact) mass is 238 g/mol. The van der Waals surface area contributed by atoms with Gasteiger partial charge in [-0.1, -0.05) is 0 Å². The number of benzene rings is 1.